The van der Waals surface area contributed by atoms with Gasteiger partial charge in [0.05, 0.1) is 17.1 Å². The number of nitrogens with one attached hydrogen (secondary N) is 2. The van der Waals surface area contributed by atoms with Crippen molar-refractivity contribution in [3.05, 3.63) is 18.1 Å². The van der Waals surface area contributed by atoms with Crippen molar-refractivity contribution in [3.63, 3.8) is 0 Å². The molecule has 0 aliphatic heterocycles. The molecule has 0 spiro atoms. The van der Waals surface area contributed by atoms with Gasteiger partial charge in [-0.15, -0.1) is 10.2 Å². The first kappa shape index (κ1) is 16.1. The van der Waals surface area contributed by atoms with Gasteiger partial charge in [-0.1, -0.05) is 11.8 Å². The van der Waals surface area contributed by atoms with Gasteiger partial charge >= 0.3 is 6.03 Å². The van der Waals surface area contributed by atoms with Gasteiger partial charge < -0.3 is 14.2 Å². The first-order valence-electron chi connectivity index (χ1n) is 6.64. The molecule has 0 unspecified atom stereocenters. The van der Waals surface area contributed by atoms with E-state index in [1.807, 2.05) is 0 Å². The lowest BCUT2D eigenvalue weighted by Crippen LogP contribution is -2.42. The summed E-state index contributed by atoms with van der Waals surface area (Å²) in [7, 11) is 0. The Morgan fingerprint density at radius 2 is 2.18 bits per heavy atom. The lowest BCUT2D eigenvalue weighted by atomic mass is 10.3. The minimum absolute atomic E-state index is 0.245. The highest BCUT2D eigenvalue weighted by Gasteiger charge is 2.21. The fourth-order valence-electron chi connectivity index (χ4n) is 1.60. The number of hydrogen-bond acceptors (Lipinski definition) is 7. The van der Waals surface area contributed by atoms with Gasteiger partial charge in [0.15, 0.2) is 0 Å². The van der Waals surface area contributed by atoms with E-state index in [2.05, 4.69) is 20.8 Å². The van der Waals surface area contributed by atoms with Crippen molar-refractivity contribution in [3.8, 4) is 11.5 Å². The minimum Gasteiger partial charge on any atom is -0.469 e. The molecule has 2 rings (SSSR count). The molecule has 0 radical (unpaired) electrons. The lowest BCUT2D eigenvalue weighted by molar-refractivity contribution is -0.119. The molecule has 2 N–H and O–H groups in total. The Labute approximate surface area is 131 Å². The van der Waals surface area contributed by atoms with Crippen LogP contribution in [0.15, 0.2) is 26.4 Å². The van der Waals surface area contributed by atoms with E-state index in [0.717, 1.165) is 11.8 Å². The second-order valence-electron chi connectivity index (χ2n) is 4.37. The highest BCUT2D eigenvalue weighted by atomic mass is 32.2. The van der Waals surface area contributed by atoms with Crippen molar-refractivity contribution in [2.45, 2.75) is 31.2 Å². The van der Waals surface area contributed by atoms with Gasteiger partial charge in [-0.3, -0.25) is 10.1 Å². The fourth-order valence-corrected chi connectivity index (χ4v) is 2.28. The summed E-state index contributed by atoms with van der Waals surface area (Å²) in [5.74, 6) is 0.558. The monoisotopic (exact) mass is 324 g/mol. The Balaban J connectivity index is 1.96. The summed E-state index contributed by atoms with van der Waals surface area (Å²) in [6, 6.07) is 1.20. The van der Waals surface area contributed by atoms with Crippen LogP contribution in [0.5, 0.6) is 0 Å². The Morgan fingerprint density at radius 3 is 2.82 bits per heavy atom. The number of hydrogen-bond donors (Lipinski definition) is 2. The predicted octanol–water partition coefficient (Wildman–Crippen LogP) is 1.96. The number of rotatable bonds is 5. The quantitative estimate of drug-likeness (QED) is 0.809. The molecule has 2 aromatic heterocycles. The third kappa shape index (κ3) is 3.88. The van der Waals surface area contributed by atoms with Crippen molar-refractivity contribution in [1.82, 2.24) is 20.8 Å². The number of furan rings is 1. The number of thioether (sulfide) groups is 1. The smallest absolute Gasteiger partial charge is 0.321 e. The standard InChI is InChI=1S/C13H16N4O4S/c1-4-14-12(19)15-10(18)8(3)22-13-17-16-11(21-13)9-5-6-20-7(9)2/h5-6,8H,4H2,1-3H3,(H2,14,15,18,19)/t8-/m0/s1. The van der Waals surface area contributed by atoms with Gasteiger partial charge in [0.2, 0.25) is 5.91 Å². The maximum absolute atomic E-state index is 11.8. The molecule has 0 saturated heterocycles. The van der Waals surface area contributed by atoms with Crippen LogP contribution in [0, 0.1) is 6.92 Å². The zero-order chi connectivity index (χ0) is 16.1. The highest BCUT2D eigenvalue weighted by molar-refractivity contribution is 8.00. The van der Waals surface area contributed by atoms with Crippen molar-refractivity contribution < 1.29 is 18.4 Å². The SMILES string of the molecule is CCNC(=O)NC(=O)[C@H](C)Sc1nnc(-c2ccoc2C)o1. The van der Waals surface area contributed by atoms with Gasteiger partial charge in [0, 0.05) is 6.54 Å². The molecule has 118 valence electrons. The second-order valence-corrected chi connectivity index (χ2v) is 5.66. The van der Waals surface area contributed by atoms with Crippen LogP contribution >= 0.6 is 11.8 Å². The van der Waals surface area contributed by atoms with Crippen LogP contribution in [-0.2, 0) is 4.79 Å². The molecular formula is C13H16N4O4S. The summed E-state index contributed by atoms with van der Waals surface area (Å²) in [5, 5.41) is 12.2. The molecule has 0 saturated carbocycles. The van der Waals surface area contributed by atoms with Gasteiger partial charge in [0.1, 0.15) is 5.76 Å². The third-order valence-corrected chi connectivity index (χ3v) is 3.65. The maximum Gasteiger partial charge on any atom is 0.321 e. The average Bonchev–Trinajstić information content (AvgIpc) is 3.07. The summed E-state index contributed by atoms with van der Waals surface area (Å²) in [6.45, 7) is 5.64. The predicted molar refractivity (Wildman–Crippen MR) is 79.3 cm³/mol. The molecule has 2 heterocycles. The number of imide groups is 1. The number of carbonyl (C=O) groups is 2. The van der Waals surface area contributed by atoms with Crippen LogP contribution in [0.4, 0.5) is 4.79 Å². The van der Waals surface area contributed by atoms with Crippen molar-refractivity contribution in [2.75, 3.05) is 6.54 Å². The van der Waals surface area contributed by atoms with E-state index >= 15 is 0 Å². The van der Waals surface area contributed by atoms with Gasteiger partial charge in [-0.2, -0.15) is 0 Å². The Morgan fingerprint density at radius 1 is 1.41 bits per heavy atom. The molecular weight excluding hydrogens is 308 g/mol. The summed E-state index contributed by atoms with van der Waals surface area (Å²) < 4.78 is 10.7. The minimum atomic E-state index is -0.554. The molecule has 1 atom stereocenters. The molecule has 2 aromatic rings. The lowest BCUT2D eigenvalue weighted by Gasteiger charge is -2.08. The normalized spacial score (nSPS) is 12.0. The molecule has 22 heavy (non-hydrogen) atoms. The van der Waals surface area contributed by atoms with E-state index in [0.29, 0.717) is 23.8 Å². The van der Waals surface area contributed by atoms with E-state index in [1.165, 1.54) is 6.26 Å². The van der Waals surface area contributed by atoms with Crippen LogP contribution < -0.4 is 10.6 Å². The van der Waals surface area contributed by atoms with E-state index in [9.17, 15) is 9.59 Å². The van der Waals surface area contributed by atoms with Crippen LogP contribution in [0.2, 0.25) is 0 Å². The maximum atomic E-state index is 11.8. The third-order valence-electron chi connectivity index (χ3n) is 2.72. The van der Waals surface area contributed by atoms with Crippen molar-refractivity contribution >= 4 is 23.7 Å². The fraction of sp³-hybridized carbons (Fsp3) is 0.385. The zero-order valence-corrected chi connectivity index (χ0v) is 13.2. The first-order valence-corrected chi connectivity index (χ1v) is 7.52. The van der Waals surface area contributed by atoms with Crippen LogP contribution in [0.25, 0.3) is 11.5 Å². The van der Waals surface area contributed by atoms with E-state index in [4.69, 9.17) is 8.83 Å². The molecule has 0 aliphatic carbocycles. The molecule has 0 fully saturated rings. The van der Waals surface area contributed by atoms with Gasteiger partial charge in [-0.05, 0) is 26.8 Å². The summed E-state index contributed by atoms with van der Waals surface area (Å²) in [5.41, 5.74) is 0.707. The van der Waals surface area contributed by atoms with Crippen molar-refractivity contribution in [2.24, 2.45) is 0 Å². The Bertz CT molecular complexity index is 667. The van der Waals surface area contributed by atoms with Crippen LogP contribution in [0.1, 0.15) is 19.6 Å². The molecule has 0 aromatic carbocycles. The van der Waals surface area contributed by atoms with Crippen LogP contribution in [-0.4, -0.2) is 33.9 Å². The van der Waals surface area contributed by atoms with E-state index < -0.39 is 17.2 Å². The molecule has 0 aliphatic rings. The number of carbonyl (C=O) groups excluding carboxylic acids is 2. The van der Waals surface area contributed by atoms with Crippen LogP contribution in [0.3, 0.4) is 0 Å². The number of urea groups is 1. The largest absolute Gasteiger partial charge is 0.469 e. The molecule has 8 nitrogen and oxygen atoms in total. The summed E-state index contributed by atoms with van der Waals surface area (Å²) in [6.07, 6.45) is 1.53. The van der Waals surface area contributed by atoms with Gasteiger partial charge in [-0.25, -0.2) is 4.79 Å². The number of nitrogens with zero attached hydrogens (tertiary/aromatic N) is 2. The molecule has 9 heteroatoms. The highest BCUT2D eigenvalue weighted by Crippen LogP contribution is 2.28. The van der Waals surface area contributed by atoms with Gasteiger partial charge in [0.25, 0.3) is 11.1 Å². The second kappa shape index (κ2) is 7.12. The summed E-state index contributed by atoms with van der Waals surface area (Å²) >= 11 is 1.07. The summed E-state index contributed by atoms with van der Waals surface area (Å²) in [4.78, 5) is 23.1. The van der Waals surface area contributed by atoms with E-state index in [-0.39, 0.29) is 5.22 Å². The Kier molecular flexibility index (Phi) is 5.21. The molecule has 3 amide bonds. The molecule has 0 bridgehead atoms. The van der Waals surface area contributed by atoms with Crippen molar-refractivity contribution in [1.29, 1.82) is 0 Å². The zero-order valence-electron chi connectivity index (χ0n) is 12.4. The Hall–Kier alpha value is -2.29. The average molecular weight is 324 g/mol. The topological polar surface area (TPSA) is 110 Å². The number of aryl methyl sites for hydroxylation is 1. The van der Waals surface area contributed by atoms with E-state index in [1.54, 1.807) is 26.8 Å². The first-order chi connectivity index (χ1) is 10.5. The number of aromatic nitrogens is 2. The number of amides is 3.